The maximum Gasteiger partial charge on any atom is 0.289 e. The van der Waals surface area contributed by atoms with Crippen LogP contribution >= 0.6 is 0 Å². The van der Waals surface area contributed by atoms with Crippen molar-refractivity contribution >= 4 is 0 Å². The van der Waals surface area contributed by atoms with Crippen LogP contribution in [0.25, 0.3) is 11.1 Å². The minimum atomic E-state index is -1.06. The van der Waals surface area contributed by atoms with Gasteiger partial charge in [0.2, 0.25) is 0 Å². The molecule has 0 radical (unpaired) electrons. The molecule has 1 unspecified atom stereocenters. The summed E-state index contributed by atoms with van der Waals surface area (Å²) in [6.07, 6.45) is 14.7. The Morgan fingerprint density at radius 2 is 1.32 bits per heavy atom. The van der Waals surface area contributed by atoms with Gasteiger partial charge in [-0.1, -0.05) is 112 Å². The van der Waals surface area contributed by atoms with E-state index in [1.807, 2.05) is 0 Å². The van der Waals surface area contributed by atoms with Crippen molar-refractivity contribution in [2.45, 2.75) is 108 Å². The maximum atomic E-state index is 5.86. The van der Waals surface area contributed by atoms with Crippen LogP contribution in [0, 0.1) is 0 Å². The SMILES string of the molecule is CCCCCCCCC(c1ccc(C2CCC(c3cccc4c3Cc3ccccc3-4)CC2)cc1)C(OC)(OC)OC. The van der Waals surface area contributed by atoms with Crippen molar-refractivity contribution in [1.82, 2.24) is 0 Å². The molecule has 3 heteroatoms. The normalized spacial score (nSPS) is 19.1. The van der Waals surface area contributed by atoms with Crippen molar-refractivity contribution in [2.75, 3.05) is 21.3 Å². The Bertz CT molecular complexity index is 1230. The largest absolute Gasteiger partial charge is 0.330 e. The molecule has 0 aliphatic heterocycles. The summed E-state index contributed by atoms with van der Waals surface area (Å²) in [5, 5.41) is 0. The van der Waals surface area contributed by atoms with E-state index in [9.17, 15) is 0 Å². The molecule has 3 aromatic rings. The van der Waals surface area contributed by atoms with E-state index < -0.39 is 5.97 Å². The Morgan fingerprint density at radius 1 is 0.683 bits per heavy atom. The Hall–Kier alpha value is -2.46. The third-order valence-electron chi connectivity index (χ3n) is 9.99. The standard InChI is InChI=1S/C38H50O3/c1-5-6-7-8-9-10-18-37(38(39-2,40-3)41-4)31-25-21-29(22-26-31)28-19-23-30(24-20-28)33-16-13-17-35-34-15-12-11-14-32(34)27-36(33)35/h11-17,21-22,25-26,28,30,37H,5-10,18-20,23-24,27H2,1-4H3. The predicted octanol–water partition coefficient (Wildman–Crippen LogP) is 10.1. The highest BCUT2D eigenvalue weighted by Gasteiger charge is 2.41. The lowest BCUT2D eigenvalue weighted by Gasteiger charge is -2.37. The quantitative estimate of drug-likeness (QED) is 0.115. The third-order valence-corrected chi connectivity index (χ3v) is 9.99. The highest BCUT2D eigenvalue weighted by Crippen LogP contribution is 2.46. The van der Waals surface area contributed by atoms with Crippen molar-refractivity contribution in [3.8, 4) is 11.1 Å². The Morgan fingerprint density at radius 3 is 2.02 bits per heavy atom. The molecule has 1 saturated carbocycles. The first-order valence-corrected chi connectivity index (χ1v) is 16.1. The van der Waals surface area contributed by atoms with Crippen LogP contribution in [0.4, 0.5) is 0 Å². The summed E-state index contributed by atoms with van der Waals surface area (Å²) in [7, 11) is 5.07. The first kappa shape index (κ1) is 30.0. The van der Waals surface area contributed by atoms with Crippen LogP contribution in [-0.2, 0) is 20.6 Å². The molecule has 0 N–H and O–H groups in total. The van der Waals surface area contributed by atoms with Gasteiger partial charge in [0.25, 0.3) is 5.97 Å². The number of fused-ring (bicyclic) bond motifs is 3. The Kier molecular flexibility index (Phi) is 10.3. The fraction of sp³-hybridized carbons (Fsp3) is 0.526. The molecule has 0 amide bonds. The zero-order valence-corrected chi connectivity index (χ0v) is 25.8. The summed E-state index contributed by atoms with van der Waals surface area (Å²) >= 11 is 0. The molecular weight excluding hydrogens is 504 g/mol. The summed E-state index contributed by atoms with van der Waals surface area (Å²) < 4.78 is 17.6. The van der Waals surface area contributed by atoms with Crippen molar-refractivity contribution in [3.05, 3.63) is 94.5 Å². The second kappa shape index (κ2) is 14.1. The van der Waals surface area contributed by atoms with E-state index in [4.69, 9.17) is 14.2 Å². The van der Waals surface area contributed by atoms with E-state index in [0.29, 0.717) is 11.8 Å². The van der Waals surface area contributed by atoms with Gasteiger partial charge in [0.1, 0.15) is 0 Å². The molecular formula is C38H50O3. The van der Waals surface area contributed by atoms with Crippen LogP contribution in [0.3, 0.4) is 0 Å². The predicted molar refractivity (Wildman–Crippen MR) is 170 cm³/mol. The molecule has 0 spiro atoms. The first-order chi connectivity index (χ1) is 20.1. The van der Waals surface area contributed by atoms with E-state index in [1.165, 1.54) is 85.6 Å². The molecule has 0 saturated heterocycles. The van der Waals surface area contributed by atoms with E-state index in [1.54, 1.807) is 32.5 Å². The summed E-state index contributed by atoms with van der Waals surface area (Å²) in [5.41, 5.74) is 10.3. The van der Waals surface area contributed by atoms with Gasteiger partial charge in [-0.3, -0.25) is 0 Å². The molecule has 2 aliphatic carbocycles. The topological polar surface area (TPSA) is 27.7 Å². The summed E-state index contributed by atoms with van der Waals surface area (Å²) in [4.78, 5) is 0. The fourth-order valence-corrected chi connectivity index (χ4v) is 7.66. The zero-order valence-electron chi connectivity index (χ0n) is 25.8. The molecule has 0 bridgehead atoms. The van der Waals surface area contributed by atoms with E-state index in [0.717, 1.165) is 19.3 Å². The molecule has 220 valence electrons. The van der Waals surface area contributed by atoms with Gasteiger partial charge in [-0.25, -0.2) is 0 Å². The lowest BCUT2D eigenvalue weighted by Crippen LogP contribution is -2.42. The average Bonchev–Trinajstić information content (AvgIpc) is 3.42. The number of methoxy groups -OCH3 is 3. The van der Waals surface area contributed by atoms with Crippen LogP contribution in [0.15, 0.2) is 66.7 Å². The van der Waals surface area contributed by atoms with Gasteiger partial charge in [-0.2, -0.15) is 0 Å². The van der Waals surface area contributed by atoms with Crippen molar-refractivity contribution < 1.29 is 14.2 Å². The Labute approximate surface area is 248 Å². The summed E-state index contributed by atoms with van der Waals surface area (Å²) in [6, 6.07) is 25.3. The van der Waals surface area contributed by atoms with E-state index in [2.05, 4.69) is 73.7 Å². The van der Waals surface area contributed by atoms with Gasteiger partial charge >= 0.3 is 0 Å². The van der Waals surface area contributed by atoms with Gasteiger partial charge < -0.3 is 14.2 Å². The molecule has 1 fully saturated rings. The molecule has 2 aliphatic rings. The monoisotopic (exact) mass is 554 g/mol. The molecule has 0 heterocycles. The third kappa shape index (κ3) is 6.48. The van der Waals surface area contributed by atoms with E-state index >= 15 is 0 Å². The molecule has 5 rings (SSSR count). The van der Waals surface area contributed by atoms with Crippen LogP contribution in [0.5, 0.6) is 0 Å². The second-order valence-electron chi connectivity index (χ2n) is 12.2. The molecule has 1 atom stereocenters. The highest BCUT2D eigenvalue weighted by molar-refractivity contribution is 5.78. The van der Waals surface area contributed by atoms with Crippen molar-refractivity contribution in [2.24, 2.45) is 0 Å². The van der Waals surface area contributed by atoms with Gasteiger partial charge in [0.05, 0.1) is 5.92 Å². The lowest BCUT2D eigenvalue weighted by molar-refractivity contribution is -0.365. The maximum absolute atomic E-state index is 5.86. The molecule has 41 heavy (non-hydrogen) atoms. The van der Waals surface area contributed by atoms with Gasteiger partial charge in [-0.05, 0) is 89.3 Å². The Balaban J connectivity index is 1.24. The first-order valence-electron chi connectivity index (χ1n) is 16.1. The van der Waals surface area contributed by atoms with Crippen molar-refractivity contribution in [1.29, 1.82) is 0 Å². The average molecular weight is 555 g/mol. The lowest BCUT2D eigenvalue weighted by atomic mass is 9.74. The van der Waals surface area contributed by atoms with Crippen LogP contribution in [0.1, 0.15) is 123 Å². The zero-order chi connectivity index (χ0) is 28.7. The summed E-state index contributed by atoms with van der Waals surface area (Å²) in [5.74, 6) is 0.270. The second-order valence-corrected chi connectivity index (χ2v) is 12.2. The van der Waals surface area contributed by atoms with E-state index in [-0.39, 0.29) is 5.92 Å². The molecule has 3 nitrogen and oxygen atoms in total. The molecule has 3 aromatic carbocycles. The number of hydrogen-bond donors (Lipinski definition) is 0. The number of hydrogen-bond acceptors (Lipinski definition) is 3. The van der Waals surface area contributed by atoms with Gasteiger partial charge in [0, 0.05) is 21.3 Å². The minimum Gasteiger partial charge on any atom is -0.330 e. The molecule has 0 aromatic heterocycles. The van der Waals surface area contributed by atoms with Crippen LogP contribution < -0.4 is 0 Å². The smallest absolute Gasteiger partial charge is 0.289 e. The highest BCUT2D eigenvalue weighted by atomic mass is 16.9. The fourth-order valence-electron chi connectivity index (χ4n) is 7.66. The minimum absolute atomic E-state index is 0.0303. The summed E-state index contributed by atoms with van der Waals surface area (Å²) in [6.45, 7) is 2.27. The number of ether oxygens (including phenoxy) is 3. The number of unbranched alkanes of at least 4 members (excludes halogenated alkanes) is 5. The van der Waals surface area contributed by atoms with Crippen molar-refractivity contribution in [3.63, 3.8) is 0 Å². The van der Waals surface area contributed by atoms with Gasteiger partial charge in [-0.15, -0.1) is 0 Å². The van der Waals surface area contributed by atoms with Crippen LogP contribution in [0.2, 0.25) is 0 Å². The van der Waals surface area contributed by atoms with Crippen LogP contribution in [-0.4, -0.2) is 27.3 Å². The number of benzene rings is 3. The van der Waals surface area contributed by atoms with Gasteiger partial charge in [0.15, 0.2) is 0 Å². The number of rotatable bonds is 14.